The molecule has 4 nitrogen and oxygen atoms in total. The fraction of sp³-hybridized carbons (Fsp3) is 0.438. The molecule has 5 heteroatoms. The number of ether oxygens (including phenoxy) is 1. The molecule has 2 N–H and O–H groups in total. The van der Waals surface area contributed by atoms with Crippen molar-refractivity contribution >= 4 is 23.3 Å². The van der Waals surface area contributed by atoms with Gasteiger partial charge in [0.2, 0.25) is 0 Å². The molecule has 1 fully saturated rings. The van der Waals surface area contributed by atoms with Crippen LogP contribution >= 0.6 is 11.6 Å². The molecule has 1 aromatic rings. The van der Waals surface area contributed by atoms with Crippen molar-refractivity contribution in [3.8, 4) is 5.75 Å². The number of urea groups is 1. The second-order valence-electron chi connectivity index (χ2n) is 5.31. The Balaban J connectivity index is 1.95. The van der Waals surface area contributed by atoms with Crippen LogP contribution in [0.1, 0.15) is 32.6 Å². The van der Waals surface area contributed by atoms with Crippen LogP contribution in [0.3, 0.4) is 0 Å². The lowest BCUT2D eigenvalue weighted by Gasteiger charge is -2.12. The van der Waals surface area contributed by atoms with Crippen molar-refractivity contribution < 1.29 is 9.53 Å². The second-order valence-corrected chi connectivity index (χ2v) is 5.75. The Morgan fingerprint density at radius 2 is 2.10 bits per heavy atom. The van der Waals surface area contributed by atoms with Crippen LogP contribution in [0.25, 0.3) is 0 Å². The van der Waals surface area contributed by atoms with Crippen LogP contribution in [0.2, 0.25) is 5.02 Å². The van der Waals surface area contributed by atoms with Crippen molar-refractivity contribution in [3.63, 3.8) is 0 Å². The van der Waals surface area contributed by atoms with Gasteiger partial charge in [0, 0.05) is 11.2 Å². The van der Waals surface area contributed by atoms with Crippen molar-refractivity contribution in [2.45, 2.75) is 32.6 Å². The zero-order chi connectivity index (χ0) is 15.2. The molecule has 0 aromatic heterocycles. The maximum absolute atomic E-state index is 11.9. The highest BCUT2D eigenvalue weighted by atomic mass is 35.5. The number of anilines is 1. The Kier molecular flexibility index (Phi) is 5.51. The second kappa shape index (κ2) is 7.36. The van der Waals surface area contributed by atoms with Gasteiger partial charge >= 0.3 is 6.03 Å². The molecular weight excluding hydrogens is 288 g/mol. The average molecular weight is 309 g/mol. The normalized spacial score (nSPS) is 15.9. The number of hydrogen-bond donors (Lipinski definition) is 2. The SMILES string of the molecule is COc1ccc(Cl)cc1NC(=O)N/C=C(\C)C1CCCC1. The molecule has 114 valence electrons. The number of benzene rings is 1. The van der Waals surface area contributed by atoms with E-state index in [4.69, 9.17) is 16.3 Å². The number of nitrogens with one attached hydrogen (secondary N) is 2. The Hall–Kier alpha value is -1.68. The number of rotatable bonds is 4. The number of hydrogen-bond acceptors (Lipinski definition) is 2. The average Bonchev–Trinajstić information content (AvgIpc) is 2.99. The van der Waals surface area contributed by atoms with Gasteiger partial charge in [-0.25, -0.2) is 4.79 Å². The van der Waals surface area contributed by atoms with Gasteiger partial charge in [-0.05, 0) is 43.9 Å². The highest BCUT2D eigenvalue weighted by molar-refractivity contribution is 6.31. The van der Waals surface area contributed by atoms with E-state index < -0.39 is 0 Å². The van der Waals surface area contributed by atoms with E-state index in [9.17, 15) is 4.79 Å². The Morgan fingerprint density at radius 3 is 2.76 bits per heavy atom. The van der Waals surface area contributed by atoms with E-state index in [2.05, 4.69) is 17.6 Å². The molecule has 0 spiro atoms. The van der Waals surface area contributed by atoms with E-state index in [1.165, 1.54) is 31.3 Å². The summed E-state index contributed by atoms with van der Waals surface area (Å²) < 4.78 is 5.19. The van der Waals surface area contributed by atoms with E-state index in [1.807, 2.05) is 0 Å². The third-order valence-corrected chi connectivity index (χ3v) is 4.07. The van der Waals surface area contributed by atoms with Gasteiger partial charge in [0.15, 0.2) is 0 Å². The minimum absolute atomic E-state index is 0.298. The summed E-state index contributed by atoms with van der Waals surface area (Å²) in [6.07, 6.45) is 6.79. The van der Waals surface area contributed by atoms with E-state index in [-0.39, 0.29) is 6.03 Å². The number of amides is 2. The van der Waals surface area contributed by atoms with Gasteiger partial charge in [-0.15, -0.1) is 0 Å². The van der Waals surface area contributed by atoms with E-state index in [1.54, 1.807) is 31.5 Å². The number of halogens is 1. The van der Waals surface area contributed by atoms with Crippen molar-refractivity contribution in [1.82, 2.24) is 5.32 Å². The first-order valence-corrected chi connectivity index (χ1v) is 7.55. The van der Waals surface area contributed by atoms with Gasteiger partial charge in [0.25, 0.3) is 0 Å². The van der Waals surface area contributed by atoms with Gasteiger partial charge < -0.3 is 15.4 Å². The fourth-order valence-electron chi connectivity index (χ4n) is 2.61. The summed E-state index contributed by atoms with van der Waals surface area (Å²) in [7, 11) is 1.55. The summed E-state index contributed by atoms with van der Waals surface area (Å²) in [5.41, 5.74) is 1.77. The third-order valence-electron chi connectivity index (χ3n) is 3.84. The standard InChI is InChI=1S/C16H21ClN2O2/c1-11(12-5-3-4-6-12)10-18-16(20)19-14-9-13(17)7-8-15(14)21-2/h7-10,12H,3-6H2,1-2H3,(H2,18,19,20)/b11-10+. The molecular formula is C16H21ClN2O2. The van der Waals surface area contributed by atoms with Gasteiger partial charge in [-0.1, -0.05) is 30.0 Å². The maximum Gasteiger partial charge on any atom is 0.323 e. The largest absolute Gasteiger partial charge is 0.495 e. The molecule has 1 aromatic carbocycles. The molecule has 0 atom stereocenters. The summed E-state index contributed by atoms with van der Waals surface area (Å²) >= 11 is 5.93. The van der Waals surface area contributed by atoms with Crippen LogP contribution in [0.5, 0.6) is 5.75 Å². The summed E-state index contributed by atoms with van der Waals surface area (Å²) in [5.74, 6) is 1.18. The highest BCUT2D eigenvalue weighted by Gasteiger charge is 2.16. The Bertz CT molecular complexity index is 537. The van der Waals surface area contributed by atoms with Gasteiger partial charge in [-0.2, -0.15) is 0 Å². The van der Waals surface area contributed by atoms with E-state index in [0.29, 0.717) is 22.4 Å². The first-order chi connectivity index (χ1) is 10.1. The van der Waals surface area contributed by atoms with E-state index >= 15 is 0 Å². The fourth-order valence-corrected chi connectivity index (χ4v) is 2.79. The summed E-state index contributed by atoms with van der Waals surface area (Å²) in [6, 6.07) is 4.80. The summed E-state index contributed by atoms with van der Waals surface area (Å²) in [6.45, 7) is 2.07. The third kappa shape index (κ3) is 4.39. The molecule has 2 rings (SSSR count). The van der Waals surface area contributed by atoms with Crippen LogP contribution in [0.4, 0.5) is 10.5 Å². The molecule has 1 aliphatic carbocycles. The first kappa shape index (κ1) is 15.7. The van der Waals surface area contributed by atoms with Crippen molar-refractivity contribution in [2.24, 2.45) is 5.92 Å². The highest BCUT2D eigenvalue weighted by Crippen LogP contribution is 2.30. The zero-order valence-corrected chi connectivity index (χ0v) is 13.2. The molecule has 1 saturated carbocycles. The van der Waals surface area contributed by atoms with Gasteiger partial charge in [0.05, 0.1) is 12.8 Å². The Morgan fingerprint density at radius 1 is 1.38 bits per heavy atom. The van der Waals surface area contributed by atoms with Crippen molar-refractivity contribution in [1.29, 1.82) is 0 Å². The lowest BCUT2D eigenvalue weighted by atomic mass is 10.0. The number of allylic oxidation sites excluding steroid dienone is 1. The zero-order valence-electron chi connectivity index (χ0n) is 12.4. The number of methoxy groups -OCH3 is 1. The molecule has 2 amide bonds. The van der Waals surface area contributed by atoms with Gasteiger partial charge in [0.1, 0.15) is 5.75 Å². The Labute approximate surface area is 130 Å². The van der Waals surface area contributed by atoms with Crippen LogP contribution in [-0.2, 0) is 0 Å². The number of carbonyl (C=O) groups excluding carboxylic acids is 1. The molecule has 0 unspecified atom stereocenters. The predicted molar refractivity (Wildman–Crippen MR) is 85.9 cm³/mol. The monoisotopic (exact) mass is 308 g/mol. The maximum atomic E-state index is 11.9. The molecule has 0 bridgehead atoms. The molecule has 21 heavy (non-hydrogen) atoms. The van der Waals surface area contributed by atoms with Gasteiger partial charge in [-0.3, -0.25) is 0 Å². The van der Waals surface area contributed by atoms with E-state index in [0.717, 1.165) is 0 Å². The molecule has 0 radical (unpaired) electrons. The predicted octanol–water partition coefficient (Wildman–Crippen LogP) is 4.56. The topological polar surface area (TPSA) is 50.4 Å². The van der Waals surface area contributed by atoms with Crippen LogP contribution in [-0.4, -0.2) is 13.1 Å². The van der Waals surface area contributed by atoms with Crippen molar-refractivity contribution in [2.75, 3.05) is 12.4 Å². The lowest BCUT2D eigenvalue weighted by Crippen LogP contribution is -2.25. The molecule has 0 saturated heterocycles. The lowest BCUT2D eigenvalue weighted by molar-refractivity contribution is 0.255. The number of carbonyl (C=O) groups is 1. The molecule has 0 aliphatic heterocycles. The molecule has 0 heterocycles. The van der Waals surface area contributed by atoms with Crippen LogP contribution < -0.4 is 15.4 Å². The smallest absolute Gasteiger partial charge is 0.323 e. The van der Waals surface area contributed by atoms with Crippen LogP contribution in [0, 0.1) is 5.92 Å². The quantitative estimate of drug-likeness (QED) is 0.856. The van der Waals surface area contributed by atoms with Crippen LogP contribution in [0.15, 0.2) is 30.0 Å². The minimum atomic E-state index is -0.298. The minimum Gasteiger partial charge on any atom is -0.495 e. The summed E-state index contributed by atoms with van der Waals surface area (Å²) in [4.78, 5) is 11.9. The van der Waals surface area contributed by atoms with Crippen molar-refractivity contribution in [3.05, 3.63) is 35.0 Å². The summed E-state index contributed by atoms with van der Waals surface area (Å²) in [5, 5.41) is 6.06. The molecule has 1 aliphatic rings. The first-order valence-electron chi connectivity index (χ1n) is 7.18.